The fraction of sp³-hybridized carbons (Fsp3) is 0.0909. The van der Waals surface area contributed by atoms with Gasteiger partial charge in [-0.3, -0.25) is 14.7 Å². The number of hydrogen-bond donors (Lipinski definition) is 3. The van der Waals surface area contributed by atoms with Crippen molar-refractivity contribution in [2.24, 2.45) is 0 Å². The number of nitrogens with one attached hydrogen (secondary N) is 3. The number of carbonyl (C=O) groups is 1. The topological polar surface area (TPSA) is 77.8 Å². The number of aromatic amines is 2. The van der Waals surface area contributed by atoms with E-state index in [1.54, 1.807) is 0 Å². The molecular weight excluding hydrogens is 263 g/mol. The summed E-state index contributed by atoms with van der Waals surface area (Å²) < 4.78 is 38.9. The summed E-state index contributed by atoms with van der Waals surface area (Å²) in [5.74, 6) is -5.55. The molecule has 100 valence electrons. The number of carbonyl (C=O) groups excluding carboxylic acids is 1. The van der Waals surface area contributed by atoms with E-state index in [0.717, 1.165) is 6.07 Å². The van der Waals surface area contributed by atoms with Gasteiger partial charge in [0.1, 0.15) is 0 Å². The normalized spacial score (nSPS) is 10.5. The van der Waals surface area contributed by atoms with Crippen LogP contribution < -0.4 is 10.9 Å². The fourth-order valence-corrected chi connectivity index (χ4v) is 1.44. The Hall–Kier alpha value is -2.51. The van der Waals surface area contributed by atoms with Crippen LogP contribution in [0.1, 0.15) is 16.1 Å². The van der Waals surface area contributed by atoms with E-state index in [9.17, 15) is 22.8 Å². The van der Waals surface area contributed by atoms with Gasteiger partial charge in [-0.15, -0.1) is 0 Å². The molecular formula is C11H8F3N3O2. The van der Waals surface area contributed by atoms with Gasteiger partial charge in [0.15, 0.2) is 17.5 Å². The molecule has 1 aromatic carbocycles. The summed E-state index contributed by atoms with van der Waals surface area (Å²) in [7, 11) is 0. The zero-order chi connectivity index (χ0) is 14.0. The average Bonchev–Trinajstić information content (AvgIpc) is 2.79. The third-order valence-corrected chi connectivity index (χ3v) is 2.37. The second kappa shape index (κ2) is 5.01. The summed E-state index contributed by atoms with van der Waals surface area (Å²) in [5.41, 5.74) is -0.638. The Labute approximate surface area is 104 Å². The maximum atomic E-state index is 13.3. The summed E-state index contributed by atoms with van der Waals surface area (Å²) >= 11 is 0. The van der Waals surface area contributed by atoms with Crippen LogP contribution in [0.4, 0.5) is 13.2 Å². The standard InChI is InChI=1S/C11H8F3N3O2/c12-7-2-1-6(9(13)10(7)14)11(19)15-4-5-3-8(18)17-16-5/h1-3H,4H2,(H,15,19)(H2,16,17,18). The Morgan fingerprint density at radius 1 is 1.16 bits per heavy atom. The van der Waals surface area contributed by atoms with Crippen molar-refractivity contribution in [1.29, 1.82) is 0 Å². The Morgan fingerprint density at radius 2 is 1.89 bits per heavy atom. The lowest BCUT2D eigenvalue weighted by Gasteiger charge is -2.05. The Morgan fingerprint density at radius 3 is 2.53 bits per heavy atom. The third kappa shape index (κ3) is 2.67. The number of rotatable bonds is 3. The second-order valence-corrected chi connectivity index (χ2v) is 3.69. The van der Waals surface area contributed by atoms with Crippen LogP contribution in [0.25, 0.3) is 0 Å². The number of halogens is 3. The van der Waals surface area contributed by atoms with Crippen LogP contribution >= 0.6 is 0 Å². The van der Waals surface area contributed by atoms with Crippen molar-refractivity contribution in [2.45, 2.75) is 6.54 Å². The molecule has 0 unspecified atom stereocenters. The van der Waals surface area contributed by atoms with E-state index in [2.05, 4.69) is 15.5 Å². The second-order valence-electron chi connectivity index (χ2n) is 3.69. The first-order valence-corrected chi connectivity index (χ1v) is 5.17. The van der Waals surface area contributed by atoms with Crippen LogP contribution in [0, 0.1) is 17.5 Å². The summed E-state index contributed by atoms with van der Waals surface area (Å²) in [5, 5.41) is 6.97. The minimum Gasteiger partial charge on any atom is -0.346 e. The van der Waals surface area contributed by atoms with Gasteiger partial charge in [0.2, 0.25) is 0 Å². The smallest absolute Gasteiger partial charge is 0.264 e. The number of aromatic nitrogens is 2. The van der Waals surface area contributed by atoms with Crippen molar-refractivity contribution >= 4 is 5.91 Å². The molecule has 0 radical (unpaired) electrons. The average molecular weight is 271 g/mol. The maximum Gasteiger partial charge on any atom is 0.264 e. The first-order valence-electron chi connectivity index (χ1n) is 5.17. The van der Waals surface area contributed by atoms with Crippen LogP contribution in [0.2, 0.25) is 0 Å². The zero-order valence-electron chi connectivity index (χ0n) is 9.39. The first-order chi connectivity index (χ1) is 8.99. The Balaban J connectivity index is 2.12. The predicted octanol–water partition coefficient (Wildman–Crippen LogP) is 1.05. The molecule has 0 spiro atoms. The van der Waals surface area contributed by atoms with Crippen LogP contribution in [0.5, 0.6) is 0 Å². The highest BCUT2D eigenvalue weighted by molar-refractivity contribution is 5.94. The molecule has 0 saturated carbocycles. The van der Waals surface area contributed by atoms with Gasteiger partial charge in [0.05, 0.1) is 17.8 Å². The van der Waals surface area contributed by atoms with Crippen molar-refractivity contribution in [3.8, 4) is 0 Å². The molecule has 3 N–H and O–H groups in total. The molecule has 0 aliphatic rings. The van der Waals surface area contributed by atoms with E-state index in [1.165, 1.54) is 6.07 Å². The van der Waals surface area contributed by atoms with Crippen LogP contribution in [0.15, 0.2) is 23.0 Å². The predicted molar refractivity (Wildman–Crippen MR) is 58.9 cm³/mol. The molecule has 0 saturated heterocycles. The van der Waals surface area contributed by atoms with Crippen molar-refractivity contribution in [3.63, 3.8) is 0 Å². The molecule has 0 atom stereocenters. The number of benzene rings is 1. The van der Waals surface area contributed by atoms with Gasteiger partial charge >= 0.3 is 0 Å². The number of hydrogen-bond acceptors (Lipinski definition) is 2. The summed E-state index contributed by atoms with van der Waals surface area (Å²) in [6, 6.07) is 2.69. The molecule has 0 aliphatic carbocycles. The monoisotopic (exact) mass is 271 g/mol. The molecule has 0 fully saturated rings. The van der Waals surface area contributed by atoms with E-state index in [4.69, 9.17) is 0 Å². The summed E-state index contributed by atoms with van der Waals surface area (Å²) in [4.78, 5) is 22.4. The summed E-state index contributed by atoms with van der Waals surface area (Å²) in [6.07, 6.45) is 0. The molecule has 1 aromatic heterocycles. The minimum absolute atomic E-state index is 0.0873. The molecule has 0 bridgehead atoms. The van der Waals surface area contributed by atoms with Crippen LogP contribution in [0.3, 0.4) is 0 Å². The fourth-order valence-electron chi connectivity index (χ4n) is 1.44. The summed E-state index contributed by atoms with van der Waals surface area (Å²) in [6.45, 7) is -0.0873. The van der Waals surface area contributed by atoms with Crippen LogP contribution in [-0.2, 0) is 6.54 Å². The molecule has 2 aromatic rings. The van der Waals surface area contributed by atoms with E-state index in [-0.39, 0.29) is 12.1 Å². The third-order valence-electron chi connectivity index (χ3n) is 2.37. The first kappa shape index (κ1) is 12.9. The molecule has 19 heavy (non-hydrogen) atoms. The van der Waals surface area contributed by atoms with E-state index in [1.807, 2.05) is 0 Å². The van der Waals surface area contributed by atoms with Gasteiger partial charge in [-0.05, 0) is 12.1 Å². The van der Waals surface area contributed by atoms with Gasteiger partial charge < -0.3 is 10.4 Å². The molecule has 5 nitrogen and oxygen atoms in total. The maximum absolute atomic E-state index is 13.3. The number of H-pyrrole nitrogens is 2. The van der Waals surface area contributed by atoms with Crippen molar-refractivity contribution < 1.29 is 18.0 Å². The van der Waals surface area contributed by atoms with Crippen LogP contribution in [-0.4, -0.2) is 16.1 Å². The molecule has 1 amide bonds. The minimum atomic E-state index is -1.71. The lowest BCUT2D eigenvalue weighted by atomic mass is 10.2. The van der Waals surface area contributed by atoms with Crippen molar-refractivity contribution in [2.75, 3.05) is 0 Å². The SMILES string of the molecule is O=C(NCc1cc(=O)[nH][nH]1)c1ccc(F)c(F)c1F. The van der Waals surface area contributed by atoms with Gasteiger partial charge in [0.25, 0.3) is 11.5 Å². The van der Waals surface area contributed by atoms with Gasteiger partial charge in [-0.2, -0.15) is 0 Å². The Bertz CT molecular complexity index is 678. The van der Waals surface area contributed by atoms with Crippen molar-refractivity contribution in [1.82, 2.24) is 15.5 Å². The van der Waals surface area contributed by atoms with E-state index in [0.29, 0.717) is 11.8 Å². The van der Waals surface area contributed by atoms with Gasteiger partial charge in [-0.25, -0.2) is 13.2 Å². The molecule has 2 rings (SSSR count). The largest absolute Gasteiger partial charge is 0.346 e. The molecule has 8 heteroatoms. The highest BCUT2D eigenvalue weighted by Gasteiger charge is 2.18. The molecule has 1 heterocycles. The van der Waals surface area contributed by atoms with Crippen molar-refractivity contribution in [3.05, 3.63) is 57.3 Å². The number of amides is 1. The highest BCUT2D eigenvalue weighted by Crippen LogP contribution is 2.15. The Kier molecular flexibility index (Phi) is 3.41. The van der Waals surface area contributed by atoms with Gasteiger partial charge in [0, 0.05) is 6.07 Å². The lowest BCUT2D eigenvalue weighted by molar-refractivity contribution is 0.0945. The zero-order valence-corrected chi connectivity index (χ0v) is 9.39. The van der Waals surface area contributed by atoms with Gasteiger partial charge in [-0.1, -0.05) is 0 Å². The highest BCUT2D eigenvalue weighted by atomic mass is 19.2. The quantitative estimate of drug-likeness (QED) is 0.730. The molecule has 0 aliphatic heterocycles. The van der Waals surface area contributed by atoms with E-state index >= 15 is 0 Å². The lowest BCUT2D eigenvalue weighted by Crippen LogP contribution is -2.24. The van der Waals surface area contributed by atoms with E-state index < -0.39 is 28.9 Å².